The number of pyridine rings is 1. The van der Waals surface area contributed by atoms with Gasteiger partial charge >= 0.3 is 12.1 Å². The van der Waals surface area contributed by atoms with Crippen LogP contribution in [0, 0.1) is 5.92 Å². The van der Waals surface area contributed by atoms with Gasteiger partial charge in [-0.1, -0.05) is 33.8 Å². The van der Waals surface area contributed by atoms with Gasteiger partial charge in [0, 0.05) is 12.1 Å². The Bertz CT molecular complexity index is 541. The molecular formula is C18H26F3NO3. The van der Waals surface area contributed by atoms with Gasteiger partial charge in [-0.3, -0.25) is 14.6 Å². The van der Waals surface area contributed by atoms with Crippen molar-refractivity contribution in [1.29, 1.82) is 0 Å². The Morgan fingerprint density at radius 3 is 2.24 bits per heavy atom. The maximum Gasteiger partial charge on any atom is 0.433 e. The molecule has 142 valence electrons. The maximum atomic E-state index is 12.4. The molecule has 0 aromatic carbocycles. The minimum atomic E-state index is -4.51. The lowest BCUT2D eigenvalue weighted by atomic mass is 9.96. The number of ether oxygens (including phenoxy) is 1. The minimum Gasteiger partial charge on any atom is -0.465 e. The van der Waals surface area contributed by atoms with Crippen molar-refractivity contribution < 1.29 is 27.5 Å². The molecule has 1 aromatic heterocycles. The molecule has 2 atom stereocenters. The van der Waals surface area contributed by atoms with Gasteiger partial charge < -0.3 is 4.74 Å². The normalized spacial score (nSPS) is 19.3. The van der Waals surface area contributed by atoms with Crippen molar-refractivity contribution in [2.45, 2.75) is 59.6 Å². The number of aromatic nitrogens is 1. The SMILES string of the molecule is CC.CC.CCOC(=O)C1CCC(c2ccc(C(F)(F)F)nc2)C1=O. The molecule has 1 fully saturated rings. The third kappa shape index (κ3) is 6.14. The third-order valence-corrected chi connectivity index (χ3v) is 3.48. The average molecular weight is 361 g/mol. The Morgan fingerprint density at radius 1 is 1.20 bits per heavy atom. The number of carbonyl (C=O) groups excluding carboxylic acids is 2. The molecule has 2 rings (SSSR count). The molecule has 0 amide bonds. The van der Waals surface area contributed by atoms with Crippen LogP contribution < -0.4 is 0 Å². The summed E-state index contributed by atoms with van der Waals surface area (Å²) in [5, 5.41) is 0. The number of rotatable bonds is 3. The van der Waals surface area contributed by atoms with Crippen molar-refractivity contribution in [2.24, 2.45) is 5.92 Å². The van der Waals surface area contributed by atoms with E-state index in [0.29, 0.717) is 18.4 Å². The summed E-state index contributed by atoms with van der Waals surface area (Å²) in [6, 6.07) is 2.09. The molecule has 0 radical (unpaired) electrons. The van der Waals surface area contributed by atoms with E-state index in [1.165, 1.54) is 6.07 Å². The van der Waals surface area contributed by atoms with E-state index in [9.17, 15) is 22.8 Å². The summed E-state index contributed by atoms with van der Waals surface area (Å²) in [7, 11) is 0. The van der Waals surface area contributed by atoms with E-state index in [0.717, 1.165) is 12.3 Å². The van der Waals surface area contributed by atoms with Crippen LogP contribution >= 0.6 is 0 Å². The highest BCUT2D eigenvalue weighted by atomic mass is 19.4. The molecule has 7 heteroatoms. The van der Waals surface area contributed by atoms with Crippen LogP contribution in [0.2, 0.25) is 0 Å². The molecule has 0 aliphatic heterocycles. The van der Waals surface area contributed by atoms with Gasteiger partial charge in [-0.05, 0) is 31.4 Å². The third-order valence-electron chi connectivity index (χ3n) is 3.48. The fraction of sp³-hybridized carbons (Fsp3) is 0.611. The number of Topliss-reactive ketones (excluding diaryl/α,β-unsaturated/α-hetero) is 1. The quantitative estimate of drug-likeness (QED) is 0.574. The van der Waals surface area contributed by atoms with E-state index in [1.54, 1.807) is 6.92 Å². The maximum absolute atomic E-state index is 12.4. The first-order valence-corrected chi connectivity index (χ1v) is 8.58. The Labute approximate surface area is 146 Å². The van der Waals surface area contributed by atoms with Crippen LogP contribution in [0.25, 0.3) is 0 Å². The molecule has 0 bridgehead atoms. The van der Waals surface area contributed by atoms with Gasteiger partial charge in [0.05, 0.1) is 6.61 Å². The summed E-state index contributed by atoms with van der Waals surface area (Å²) in [5.74, 6) is -2.29. The van der Waals surface area contributed by atoms with Gasteiger partial charge in [0.1, 0.15) is 11.6 Å². The topological polar surface area (TPSA) is 56.3 Å². The van der Waals surface area contributed by atoms with Crippen LogP contribution in [0.1, 0.15) is 64.6 Å². The van der Waals surface area contributed by atoms with Crippen LogP contribution in [0.4, 0.5) is 13.2 Å². The number of nitrogens with zero attached hydrogens (tertiary/aromatic N) is 1. The lowest BCUT2D eigenvalue weighted by Gasteiger charge is -2.11. The second kappa shape index (κ2) is 10.8. The number of hydrogen-bond donors (Lipinski definition) is 0. The molecule has 0 saturated heterocycles. The van der Waals surface area contributed by atoms with E-state index in [2.05, 4.69) is 4.98 Å². The second-order valence-electron chi connectivity index (χ2n) is 4.81. The van der Waals surface area contributed by atoms with Gasteiger partial charge in [-0.25, -0.2) is 0 Å². The first-order chi connectivity index (χ1) is 11.8. The van der Waals surface area contributed by atoms with Gasteiger partial charge in [0.2, 0.25) is 0 Å². The molecule has 25 heavy (non-hydrogen) atoms. The Morgan fingerprint density at radius 2 is 1.80 bits per heavy atom. The van der Waals surface area contributed by atoms with Crippen LogP contribution in [0.3, 0.4) is 0 Å². The zero-order chi connectivity index (χ0) is 19.6. The molecule has 1 heterocycles. The number of carbonyl (C=O) groups is 2. The predicted molar refractivity (Wildman–Crippen MR) is 89.0 cm³/mol. The summed E-state index contributed by atoms with van der Waals surface area (Å²) in [4.78, 5) is 27.1. The van der Waals surface area contributed by atoms with Gasteiger partial charge in [-0.15, -0.1) is 0 Å². The van der Waals surface area contributed by atoms with E-state index >= 15 is 0 Å². The monoisotopic (exact) mass is 361 g/mol. The fourth-order valence-corrected chi connectivity index (χ4v) is 2.45. The minimum absolute atomic E-state index is 0.190. The van der Waals surface area contributed by atoms with Crippen LogP contribution in [-0.4, -0.2) is 23.3 Å². The first-order valence-electron chi connectivity index (χ1n) is 8.58. The van der Waals surface area contributed by atoms with Crippen molar-refractivity contribution in [3.8, 4) is 0 Å². The van der Waals surface area contributed by atoms with Crippen LogP contribution in [0.15, 0.2) is 18.3 Å². The lowest BCUT2D eigenvalue weighted by molar-refractivity contribution is -0.150. The average Bonchev–Trinajstić information content (AvgIpc) is 3.00. The molecule has 0 N–H and O–H groups in total. The first kappa shape index (κ1) is 23.1. The molecule has 1 aliphatic carbocycles. The number of alkyl halides is 3. The number of halogens is 3. The zero-order valence-electron chi connectivity index (χ0n) is 15.3. The molecule has 1 saturated carbocycles. The molecule has 1 aromatic rings. The molecule has 4 nitrogen and oxygen atoms in total. The van der Waals surface area contributed by atoms with E-state index < -0.39 is 29.7 Å². The second-order valence-corrected chi connectivity index (χ2v) is 4.81. The zero-order valence-corrected chi connectivity index (χ0v) is 15.3. The Kier molecular flexibility index (Phi) is 10.0. The van der Waals surface area contributed by atoms with E-state index in [4.69, 9.17) is 4.74 Å². The molecular weight excluding hydrogens is 335 g/mol. The molecule has 0 spiro atoms. The lowest BCUT2D eigenvalue weighted by Crippen LogP contribution is -2.23. The van der Waals surface area contributed by atoms with Crippen LogP contribution in [-0.2, 0) is 20.5 Å². The van der Waals surface area contributed by atoms with Gasteiger partial charge in [-0.2, -0.15) is 13.2 Å². The largest absolute Gasteiger partial charge is 0.465 e. The van der Waals surface area contributed by atoms with Crippen molar-refractivity contribution in [2.75, 3.05) is 6.61 Å². The van der Waals surface area contributed by atoms with Gasteiger partial charge in [0.15, 0.2) is 5.78 Å². The van der Waals surface area contributed by atoms with Crippen molar-refractivity contribution >= 4 is 11.8 Å². The van der Waals surface area contributed by atoms with Crippen LogP contribution in [0.5, 0.6) is 0 Å². The summed E-state index contributed by atoms with van der Waals surface area (Å²) in [6.07, 6.45) is -2.69. The summed E-state index contributed by atoms with van der Waals surface area (Å²) in [5.41, 5.74) is -0.599. The van der Waals surface area contributed by atoms with Gasteiger partial charge in [0.25, 0.3) is 0 Å². The Balaban J connectivity index is 0.00000134. The fourth-order valence-electron chi connectivity index (χ4n) is 2.45. The molecule has 2 unspecified atom stereocenters. The highest BCUT2D eigenvalue weighted by Crippen LogP contribution is 2.36. The summed E-state index contributed by atoms with van der Waals surface area (Å²) < 4.78 is 42.1. The smallest absolute Gasteiger partial charge is 0.433 e. The summed E-state index contributed by atoms with van der Waals surface area (Å²) >= 11 is 0. The number of hydrogen-bond acceptors (Lipinski definition) is 4. The number of esters is 1. The number of ketones is 1. The van der Waals surface area contributed by atoms with Crippen molar-refractivity contribution in [3.63, 3.8) is 0 Å². The molecule has 1 aliphatic rings. The standard InChI is InChI=1S/C14H14F3NO3.2C2H6/c1-2-21-13(20)10-5-4-9(12(10)19)8-3-6-11(18-7-8)14(15,16)17;2*1-2/h3,6-7,9-10H,2,4-5H2,1H3;2*1-2H3. The Hall–Kier alpha value is -1.92. The van der Waals surface area contributed by atoms with Crippen molar-refractivity contribution in [3.05, 3.63) is 29.6 Å². The predicted octanol–water partition coefficient (Wildman–Crippen LogP) is 4.78. The summed E-state index contributed by atoms with van der Waals surface area (Å²) in [6.45, 7) is 9.84. The highest BCUT2D eigenvalue weighted by molar-refractivity contribution is 6.03. The van der Waals surface area contributed by atoms with E-state index in [-0.39, 0.29) is 12.4 Å². The van der Waals surface area contributed by atoms with Crippen molar-refractivity contribution in [1.82, 2.24) is 4.98 Å². The highest BCUT2D eigenvalue weighted by Gasteiger charge is 2.41. The van der Waals surface area contributed by atoms with E-state index in [1.807, 2.05) is 27.7 Å².